The van der Waals surface area contributed by atoms with Crippen molar-refractivity contribution < 1.29 is 19.4 Å². The number of benzene rings is 3. The molecule has 0 atom stereocenters. The quantitative estimate of drug-likeness (QED) is 0.372. The Balaban J connectivity index is 1.59. The van der Waals surface area contributed by atoms with Gasteiger partial charge in [0, 0.05) is 10.0 Å². The molecule has 3 aromatic rings. The van der Waals surface area contributed by atoms with Crippen molar-refractivity contribution in [2.45, 2.75) is 26.4 Å². The van der Waals surface area contributed by atoms with E-state index in [0.29, 0.717) is 28.2 Å². The first kappa shape index (κ1) is 23.7. The highest BCUT2D eigenvalue weighted by molar-refractivity contribution is 6.35. The van der Waals surface area contributed by atoms with E-state index in [2.05, 4.69) is 0 Å². The Kier molecular flexibility index (Phi) is 7.49. The van der Waals surface area contributed by atoms with Crippen LogP contribution in [0.25, 0.3) is 16.7 Å². The number of aliphatic carboxylic acids is 1. The highest BCUT2D eigenvalue weighted by atomic mass is 35.5. The van der Waals surface area contributed by atoms with Crippen LogP contribution in [0, 0.1) is 0 Å². The highest BCUT2D eigenvalue weighted by Crippen LogP contribution is 2.28. The maximum absolute atomic E-state index is 11.2. The Labute approximate surface area is 198 Å². The van der Waals surface area contributed by atoms with E-state index >= 15 is 0 Å². The van der Waals surface area contributed by atoms with E-state index in [0.717, 1.165) is 22.3 Å². The maximum Gasteiger partial charge on any atom is 0.347 e. The van der Waals surface area contributed by atoms with Gasteiger partial charge in [0.15, 0.2) is 5.60 Å². The van der Waals surface area contributed by atoms with Gasteiger partial charge < -0.3 is 14.6 Å². The fourth-order valence-corrected chi connectivity index (χ4v) is 3.50. The molecule has 32 heavy (non-hydrogen) atoms. The largest absolute Gasteiger partial charge is 0.490 e. The monoisotopic (exact) mass is 470 g/mol. The second-order valence-corrected chi connectivity index (χ2v) is 8.70. The van der Waals surface area contributed by atoms with E-state index < -0.39 is 11.6 Å². The first-order chi connectivity index (χ1) is 15.1. The summed E-state index contributed by atoms with van der Waals surface area (Å²) in [6.07, 6.45) is 2.00. The van der Waals surface area contributed by atoms with Gasteiger partial charge in [0.2, 0.25) is 0 Å². The second-order valence-electron chi connectivity index (χ2n) is 7.82. The Hall–Kier alpha value is -2.95. The van der Waals surface area contributed by atoms with Crippen molar-refractivity contribution in [1.82, 2.24) is 0 Å². The summed E-state index contributed by atoms with van der Waals surface area (Å²) in [6, 6.07) is 20.5. The van der Waals surface area contributed by atoms with E-state index in [9.17, 15) is 4.79 Å². The molecule has 0 aliphatic heterocycles. The van der Waals surface area contributed by atoms with Crippen LogP contribution in [0.15, 0.2) is 72.8 Å². The topological polar surface area (TPSA) is 55.8 Å². The molecule has 1 N–H and O–H groups in total. The number of carboxylic acid groups (broad SMARTS) is 1. The maximum atomic E-state index is 11.2. The van der Waals surface area contributed by atoms with E-state index in [1.165, 1.54) is 13.8 Å². The molecule has 4 nitrogen and oxygen atoms in total. The molecule has 0 saturated heterocycles. The number of halogens is 2. The lowest BCUT2D eigenvalue weighted by molar-refractivity contribution is -0.152. The number of hydrogen-bond donors (Lipinski definition) is 1. The van der Waals surface area contributed by atoms with Gasteiger partial charge in [0.25, 0.3) is 0 Å². The third-order valence-corrected chi connectivity index (χ3v) is 5.32. The number of carbonyl (C=O) groups is 1. The van der Waals surface area contributed by atoms with Crippen molar-refractivity contribution in [3.63, 3.8) is 0 Å². The SMILES string of the molecule is CC(=CCOc1ccc(OC(C)(C)C(=O)O)cc1)c1ccc(-c2cc(Cl)cc(Cl)c2)cc1. The number of hydrogen-bond acceptors (Lipinski definition) is 3. The second kappa shape index (κ2) is 10.1. The van der Waals surface area contributed by atoms with E-state index in [1.54, 1.807) is 30.3 Å². The summed E-state index contributed by atoms with van der Waals surface area (Å²) in [6.45, 7) is 5.44. The summed E-state index contributed by atoms with van der Waals surface area (Å²) in [5.41, 5.74) is 2.89. The van der Waals surface area contributed by atoms with Crippen molar-refractivity contribution in [1.29, 1.82) is 0 Å². The Morgan fingerprint density at radius 1 is 0.906 bits per heavy atom. The van der Waals surface area contributed by atoms with Crippen molar-refractivity contribution in [3.05, 3.63) is 88.4 Å². The first-order valence-corrected chi connectivity index (χ1v) is 10.8. The van der Waals surface area contributed by atoms with Gasteiger partial charge in [0.05, 0.1) is 0 Å². The molecule has 0 amide bonds. The van der Waals surface area contributed by atoms with Crippen molar-refractivity contribution in [2.24, 2.45) is 0 Å². The minimum Gasteiger partial charge on any atom is -0.490 e. The summed E-state index contributed by atoms with van der Waals surface area (Å²) in [7, 11) is 0. The Morgan fingerprint density at radius 3 is 2.03 bits per heavy atom. The summed E-state index contributed by atoms with van der Waals surface area (Å²) >= 11 is 12.2. The first-order valence-electron chi connectivity index (χ1n) is 10.0. The third kappa shape index (κ3) is 6.28. The lowest BCUT2D eigenvalue weighted by Gasteiger charge is -2.21. The predicted molar refractivity (Wildman–Crippen MR) is 130 cm³/mol. The van der Waals surface area contributed by atoms with Crippen LogP contribution in [-0.2, 0) is 4.79 Å². The van der Waals surface area contributed by atoms with Gasteiger partial charge in [-0.1, -0.05) is 47.5 Å². The van der Waals surface area contributed by atoms with Gasteiger partial charge in [-0.15, -0.1) is 0 Å². The number of ether oxygens (including phenoxy) is 2. The molecule has 166 valence electrons. The van der Waals surface area contributed by atoms with E-state index in [1.807, 2.05) is 49.4 Å². The van der Waals surface area contributed by atoms with Crippen LogP contribution < -0.4 is 9.47 Å². The molecule has 6 heteroatoms. The molecule has 3 aromatic carbocycles. The smallest absolute Gasteiger partial charge is 0.347 e. The molecule has 0 unspecified atom stereocenters. The summed E-state index contributed by atoms with van der Waals surface area (Å²) in [4.78, 5) is 11.2. The molecule has 0 spiro atoms. The fourth-order valence-electron chi connectivity index (χ4n) is 2.97. The zero-order valence-electron chi connectivity index (χ0n) is 18.1. The highest BCUT2D eigenvalue weighted by Gasteiger charge is 2.29. The summed E-state index contributed by atoms with van der Waals surface area (Å²) in [5.74, 6) is 0.114. The minimum atomic E-state index is -1.29. The average Bonchev–Trinajstić information content (AvgIpc) is 2.74. The van der Waals surface area contributed by atoms with Gasteiger partial charge in [-0.05, 0) is 91.6 Å². The number of carboxylic acids is 1. The lowest BCUT2D eigenvalue weighted by Crippen LogP contribution is -2.37. The van der Waals surface area contributed by atoms with Gasteiger partial charge in [-0.3, -0.25) is 0 Å². The van der Waals surface area contributed by atoms with Gasteiger partial charge in [-0.2, -0.15) is 0 Å². The van der Waals surface area contributed by atoms with Gasteiger partial charge >= 0.3 is 5.97 Å². The molecule has 0 bridgehead atoms. The van der Waals surface area contributed by atoms with Crippen LogP contribution in [0.1, 0.15) is 26.3 Å². The van der Waals surface area contributed by atoms with Crippen LogP contribution in [0.5, 0.6) is 11.5 Å². The molecule has 0 radical (unpaired) electrons. The van der Waals surface area contributed by atoms with Crippen molar-refractivity contribution >= 4 is 34.7 Å². The molecule has 0 saturated carbocycles. The minimum absolute atomic E-state index is 0.401. The molecule has 0 aromatic heterocycles. The predicted octanol–water partition coefficient (Wildman–Crippen LogP) is 7.38. The van der Waals surface area contributed by atoms with Crippen LogP contribution >= 0.6 is 23.2 Å². The number of allylic oxidation sites excluding steroid dienone is 1. The third-order valence-electron chi connectivity index (χ3n) is 4.89. The Bertz CT molecular complexity index is 1100. The van der Waals surface area contributed by atoms with Crippen LogP contribution in [0.3, 0.4) is 0 Å². The van der Waals surface area contributed by atoms with Crippen molar-refractivity contribution in [3.8, 4) is 22.6 Å². The fraction of sp³-hybridized carbons (Fsp3) is 0.192. The molecule has 0 fully saturated rings. The number of rotatable bonds is 8. The van der Waals surface area contributed by atoms with Crippen LogP contribution in [0.2, 0.25) is 10.0 Å². The lowest BCUT2D eigenvalue weighted by atomic mass is 10.0. The zero-order chi connectivity index (χ0) is 23.3. The molecule has 3 rings (SSSR count). The van der Waals surface area contributed by atoms with E-state index in [4.69, 9.17) is 37.8 Å². The Morgan fingerprint density at radius 2 is 1.47 bits per heavy atom. The van der Waals surface area contributed by atoms with Crippen LogP contribution in [0.4, 0.5) is 0 Å². The molecular formula is C26H24Cl2O4. The molecule has 0 heterocycles. The van der Waals surface area contributed by atoms with E-state index in [-0.39, 0.29) is 0 Å². The molecule has 0 aliphatic carbocycles. The zero-order valence-corrected chi connectivity index (χ0v) is 19.6. The summed E-state index contributed by atoms with van der Waals surface area (Å²) < 4.78 is 11.3. The van der Waals surface area contributed by atoms with Gasteiger partial charge in [-0.25, -0.2) is 4.79 Å². The van der Waals surface area contributed by atoms with Gasteiger partial charge in [0.1, 0.15) is 18.1 Å². The normalized spacial score (nSPS) is 11.8. The molecular weight excluding hydrogens is 447 g/mol. The standard InChI is InChI=1S/C26H24Cl2O4/c1-17(18-4-6-19(7-5-18)20-14-21(27)16-22(28)15-20)12-13-31-23-8-10-24(11-9-23)32-26(2,3)25(29)30/h4-12,14-16H,13H2,1-3H3,(H,29,30). The van der Waals surface area contributed by atoms with Crippen molar-refractivity contribution in [2.75, 3.05) is 6.61 Å². The molecule has 0 aliphatic rings. The summed E-state index contributed by atoms with van der Waals surface area (Å²) in [5, 5.41) is 10.4. The average molecular weight is 471 g/mol. The van der Waals surface area contributed by atoms with Crippen LogP contribution in [-0.4, -0.2) is 23.3 Å².